The number of carbonyl (C=O) groups is 2. The van der Waals surface area contributed by atoms with Gasteiger partial charge in [0.1, 0.15) is 5.82 Å². The molecule has 0 bridgehead atoms. The second-order valence-electron chi connectivity index (χ2n) is 4.87. The molecule has 5 nitrogen and oxygen atoms in total. The van der Waals surface area contributed by atoms with Gasteiger partial charge in [0.2, 0.25) is 5.91 Å². The predicted octanol–water partition coefficient (Wildman–Crippen LogP) is 2.56. The molecule has 122 valence electrons. The predicted molar refractivity (Wildman–Crippen MR) is 84.9 cm³/mol. The average Bonchev–Trinajstić information content (AvgIpc) is 2.97. The maximum Gasteiger partial charge on any atom is 0.357 e. The third kappa shape index (κ3) is 5.45. The van der Waals surface area contributed by atoms with Crippen LogP contribution in [-0.2, 0) is 16.0 Å². The molecule has 0 radical (unpaired) electrons. The van der Waals surface area contributed by atoms with Gasteiger partial charge in [0.15, 0.2) is 5.69 Å². The van der Waals surface area contributed by atoms with Gasteiger partial charge in [0, 0.05) is 25.3 Å². The zero-order valence-electron chi connectivity index (χ0n) is 12.7. The van der Waals surface area contributed by atoms with Crippen LogP contribution in [0.25, 0.3) is 0 Å². The van der Waals surface area contributed by atoms with E-state index in [9.17, 15) is 14.0 Å². The summed E-state index contributed by atoms with van der Waals surface area (Å²) in [6, 6.07) is 6.48. The fourth-order valence-electron chi connectivity index (χ4n) is 1.87. The van der Waals surface area contributed by atoms with Crippen molar-refractivity contribution in [2.75, 3.05) is 13.2 Å². The summed E-state index contributed by atoms with van der Waals surface area (Å²) in [5.41, 5.74) is 0.762. The molecule has 2 aromatic rings. The third-order valence-corrected chi connectivity index (χ3v) is 3.84. The molecule has 23 heavy (non-hydrogen) atoms. The maximum absolute atomic E-state index is 13.6. The lowest BCUT2D eigenvalue weighted by Gasteiger charge is -2.03. The maximum atomic E-state index is 13.6. The van der Waals surface area contributed by atoms with Crippen molar-refractivity contribution in [2.45, 2.75) is 19.8 Å². The number of hydrogen-bond donors (Lipinski definition) is 1. The number of benzene rings is 1. The minimum Gasteiger partial charge on any atom is -0.461 e. The van der Waals surface area contributed by atoms with Crippen molar-refractivity contribution in [2.24, 2.45) is 0 Å². The van der Waals surface area contributed by atoms with Crippen LogP contribution in [0.2, 0.25) is 0 Å². The molecule has 0 unspecified atom stereocenters. The van der Waals surface area contributed by atoms with Crippen molar-refractivity contribution in [3.8, 4) is 0 Å². The first kappa shape index (κ1) is 17.1. The van der Waals surface area contributed by atoms with Crippen LogP contribution in [0.15, 0.2) is 29.6 Å². The summed E-state index contributed by atoms with van der Waals surface area (Å²) in [6.45, 7) is 2.09. The first-order chi connectivity index (χ1) is 11.1. The number of esters is 1. The molecule has 0 fully saturated rings. The van der Waals surface area contributed by atoms with Crippen LogP contribution in [-0.4, -0.2) is 30.0 Å². The molecule has 7 heteroatoms. The van der Waals surface area contributed by atoms with E-state index in [2.05, 4.69) is 10.3 Å². The SMILES string of the molecule is CC(=O)NCCCOC(=O)c1csc(Cc2ccccc2F)n1. The van der Waals surface area contributed by atoms with Gasteiger partial charge in [-0.25, -0.2) is 14.2 Å². The lowest BCUT2D eigenvalue weighted by atomic mass is 10.1. The lowest BCUT2D eigenvalue weighted by molar-refractivity contribution is -0.118. The third-order valence-electron chi connectivity index (χ3n) is 2.99. The Labute approximate surface area is 137 Å². The molecular formula is C16H17FN2O3S. The van der Waals surface area contributed by atoms with Crippen LogP contribution >= 0.6 is 11.3 Å². The van der Waals surface area contributed by atoms with E-state index in [4.69, 9.17) is 4.74 Å². The van der Waals surface area contributed by atoms with Gasteiger partial charge in [-0.05, 0) is 18.1 Å². The highest BCUT2D eigenvalue weighted by atomic mass is 32.1. The normalized spacial score (nSPS) is 10.3. The fourth-order valence-corrected chi connectivity index (χ4v) is 2.65. The molecule has 2 rings (SSSR count). The number of rotatable bonds is 7. The Morgan fingerprint density at radius 2 is 2.13 bits per heavy atom. The van der Waals surface area contributed by atoms with E-state index in [1.54, 1.807) is 23.6 Å². The topological polar surface area (TPSA) is 68.3 Å². The molecule has 1 N–H and O–H groups in total. The van der Waals surface area contributed by atoms with Gasteiger partial charge in [0.05, 0.1) is 11.6 Å². The zero-order chi connectivity index (χ0) is 16.7. The number of nitrogens with one attached hydrogen (secondary N) is 1. The molecule has 1 aromatic carbocycles. The van der Waals surface area contributed by atoms with E-state index in [1.165, 1.54) is 24.3 Å². The molecule has 1 aromatic heterocycles. The minimum absolute atomic E-state index is 0.117. The van der Waals surface area contributed by atoms with Gasteiger partial charge >= 0.3 is 5.97 Å². The van der Waals surface area contributed by atoms with Gasteiger partial charge in [-0.3, -0.25) is 4.79 Å². The highest BCUT2D eigenvalue weighted by Crippen LogP contribution is 2.17. The second kappa shape index (κ2) is 8.38. The first-order valence-electron chi connectivity index (χ1n) is 7.15. The Morgan fingerprint density at radius 3 is 2.87 bits per heavy atom. The largest absolute Gasteiger partial charge is 0.461 e. The molecule has 0 spiro atoms. The van der Waals surface area contributed by atoms with E-state index in [0.717, 1.165) is 0 Å². The number of amides is 1. The first-order valence-corrected chi connectivity index (χ1v) is 8.03. The van der Waals surface area contributed by atoms with Crippen molar-refractivity contribution in [1.82, 2.24) is 10.3 Å². The van der Waals surface area contributed by atoms with Gasteiger partial charge in [-0.1, -0.05) is 18.2 Å². The highest BCUT2D eigenvalue weighted by Gasteiger charge is 2.13. The van der Waals surface area contributed by atoms with Crippen LogP contribution in [0.4, 0.5) is 4.39 Å². The summed E-state index contributed by atoms with van der Waals surface area (Å²) < 4.78 is 18.7. The Kier molecular flexibility index (Phi) is 6.22. The summed E-state index contributed by atoms with van der Waals surface area (Å²) in [7, 11) is 0. The fraction of sp³-hybridized carbons (Fsp3) is 0.312. The van der Waals surface area contributed by atoms with Crippen molar-refractivity contribution in [3.63, 3.8) is 0 Å². The molecule has 1 amide bonds. The Balaban J connectivity index is 1.83. The van der Waals surface area contributed by atoms with E-state index < -0.39 is 5.97 Å². The Bertz CT molecular complexity index is 687. The molecule has 0 atom stereocenters. The van der Waals surface area contributed by atoms with Crippen molar-refractivity contribution < 1.29 is 18.7 Å². The van der Waals surface area contributed by atoms with Crippen LogP contribution in [0, 0.1) is 5.82 Å². The number of aromatic nitrogens is 1. The molecule has 0 saturated carbocycles. The number of halogens is 1. The van der Waals surface area contributed by atoms with Gasteiger partial charge in [-0.15, -0.1) is 11.3 Å². The van der Waals surface area contributed by atoms with Gasteiger partial charge in [0.25, 0.3) is 0 Å². The standard InChI is InChI=1S/C16H17FN2O3S/c1-11(20)18-7-4-8-22-16(21)14-10-23-15(19-14)9-12-5-2-3-6-13(12)17/h2-3,5-6,10H,4,7-9H2,1H3,(H,18,20). The summed E-state index contributed by atoms with van der Waals surface area (Å²) in [4.78, 5) is 26.7. The van der Waals surface area contributed by atoms with Crippen LogP contribution in [0.5, 0.6) is 0 Å². The van der Waals surface area contributed by atoms with Crippen molar-refractivity contribution >= 4 is 23.2 Å². The van der Waals surface area contributed by atoms with E-state index >= 15 is 0 Å². The van der Waals surface area contributed by atoms with E-state index in [1.807, 2.05) is 0 Å². The molecule has 0 aliphatic rings. The number of carbonyl (C=O) groups excluding carboxylic acids is 2. The van der Waals surface area contributed by atoms with Gasteiger partial charge in [-0.2, -0.15) is 0 Å². The molecule has 0 saturated heterocycles. The zero-order valence-corrected chi connectivity index (χ0v) is 13.5. The number of nitrogens with zero attached hydrogens (tertiary/aromatic N) is 1. The van der Waals surface area contributed by atoms with Crippen molar-refractivity contribution in [1.29, 1.82) is 0 Å². The molecule has 0 aliphatic carbocycles. The Morgan fingerprint density at radius 1 is 1.35 bits per heavy atom. The Hall–Kier alpha value is -2.28. The average molecular weight is 336 g/mol. The lowest BCUT2D eigenvalue weighted by Crippen LogP contribution is -2.22. The number of ether oxygens (including phenoxy) is 1. The molecule has 1 heterocycles. The summed E-state index contributed by atoms with van der Waals surface area (Å²) in [5, 5.41) is 4.87. The summed E-state index contributed by atoms with van der Waals surface area (Å²) in [5.74, 6) is -0.915. The van der Waals surface area contributed by atoms with Crippen LogP contribution < -0.4 is 5.32 Å². The molecular weight excluding hydrogens is 319 g/mol. The van der Waals surface area contributed by atoms with Crippen molar-refractivity contribution in [3.05, 3.63) is 51.7 Å². The summed E-state index contributed by atoms with van der Waals surface area (Å²) in [6.07, 6.45) is 0.880. The second-order valence-corrected chi connectivity index (χ2v) is 5.81. The van der Waals surface area contributed by atoms with Gasteiger partial charge < -0.3 is 10.1 Å². The monoisotopic (exact) mass is 336 g/mol. The van der Waals surface area contributed by atoms with E-state index in [0.29, 0.717) is 30.0 Å². The molecule has 0 aliphatic heterocycles. The quantitative estimate of drug-likeness (QED) is 0.623. The smallest absolute Gasteiger partial charge is 0.357 e. The highest BCUT2D eigenvalue weighted by molar-refractivity contribution is 7.09. The van der Waals surface area contributed by atoms with E-state index in [-0.39, 0.29) is 24.0 Å². The number of thiazole rings is 1. The minimum atomic E-state index is -0.510. The summed E-state index contributed by atoms with van der Waals surface area (Å²) >= 11 is 1.29. The number of hydrogen-bond acceptors (Lipinski definition) is 5. The van der Waals surface area contributed by atoms with Crippen LogP contribution in [0.1, 0.15) is 34.4 Å². The van der Waals surface area contributed by atoms with Crippen LogP contribution in [0.3, 0.4) is 0 Å².